The number of anilines is 1. The van der Waals surface area contributed by atoms with E-state index >= 15 is 0 Å². The lowest BCUT2D eigenvalue weighted by atomic mass is 9.79. The Balaban J connectivity index is 1.21. The summed E-state index contributed by atoms with van der Waals surface area (Å²) in [6, 6.07) is 40.8. The summed E-state index contributed by atoms with van der Waals surface area (Å²) in [6.07, 6.45) is 6.02. The number of para-hydroxylation sites is 1. The van der Waals surface area contributed by atoms with Crippen molar-refractivity contribution in [3.05, 3.63) is 136 Å². The zero-order valence-corrected chi connectivity index (χ0v) is 27.1. The number of nitrogens with zero attached hydrogens (tertiary/aromatic N) is 1. The van der Waals surface area contributed by atoms with E-state index in [0.717, 1.165) is 6.42 Å². The number of aromatic nitrogens is 1. The summed E-state index contributed by atoms with van der Waals surface area (Å²) in [4.78, 5) is 1.33. The zero-order chi connectivity index (χ0) is 30.7. The fraction of sp³-hybridized carbons (Fsp3) is 0.163. The molecular formula is C43H34N2S. The number of benzene rings is 6. The first-order chi connectivity index (χ1) is 22.5. The van der Waals surface area contributed by atoms with Gasteiger partial charge in [0.25, 0.3) is 0 Å². The number of hydrogen-bond acceptors (Lipinski definition) is 2. The highest BCUT2D eigenvalue weighted by molar-refractivity contribution is 8.00. The second-order valence-electron chi connectivity index (χ2n) is 13.8. The fourth-order valence-corrected chi connectivity index (χ4v) is 9.70. The van der Waals surface area contributed by atoms with E-state index in [1.54, 1.807) is 0 Å². The summed E-state index contributed by atoms with van der Waals surface area (Å²) < 4.78 is 2.50. The van der Waals surface area contributed by atoms with Crippen molar-refractivity contribution in [1.82, 2.24) is 4.57 Å². The summed E-state index contributed by atoms with van der Waals surface area (Å²) in [6.45, 7) is 7.18. The predicted molar refractivity (Wildman–Crippen MR) is 196 cm³/mol. The third-order valence-corrected chi connectivity index (χ3v) is 11.9. The lowest BCUT2D eigenvalue weighted by molar-refractivity contribution is 0.667. The normalized spacial score (nSPS) is 18.8. The predicted octanol–water partition coefficient (Wildman–Crippen LogP) is 10.1. The van der Waals surface area contributed by atoms with Gasteiger partial charge in [-0.3, -0.25) is 0 Å². The maximum absolute atomic E-state index is 3.92. The molecule has 0 saturated carbocycles. The van der Waals surface area contributed by atoms with Gasteiger partial charge in [0.1, 0.15) is 5.37 Å². The molecule has 2 unspecified atom stereocenters. The molecule has 46 heavy (non-hydrogen) atoms. The molecule has 2 aliphatic carbocycles. The molecule has 2 nitrogen and oxygen atoms in total. The molecule has 0 spiro atoms. The van der Waals surface area contributed by atoms with Gasteiger partial charge in [0.05, 0.1) is 16.6 Å². The second-order valence-corrected chi connectivity index (χ2v) is 15.0. The Bertz CT molecular complexity index is 2540. The van der Waals surface area contributed by atoms with E-state index in [9.17, 15) is 0 Å². The SMILES string of the molecule is CC1C=c2c(c3cc4c(cc3n2-c2ccccc2)C(C)(C)c2c-4ccc3c2ccc2ccc4c(c23)NC(c2ccccc2)S4)=CC1. The number of fused-ring (bicyclic) bond motifs is 12. The van der Waals surface area contributed by atoms with Crippen molar-refractivity contribution in [3.8, 4) is 16.8 Å². The molecule has 1 N–H and O–H groups in total. The van der Waals surface area contributed by atoms with Crippen molar-refractivity contribution in [2.45, 2.75) is 42.9 Å². The first-order valence-electron chi connectivity index (χ1n) is 16.5. The molecule has 222 valence electrons. The van der Waals surface area contributed by atoms with Crippen molar-refractivity contribution < 1.29 is 0 Å². The summed E-state index contributed by atoms with van der Waals surface area (Å²) in [5.41, 5.74) is 10.6. The van der Waals surface area contributed by atoms with Gasteiger partial charge in [-0.15, -0.1) is 0 Å². The van der Waals surface area contributed by atoms with Gasteiger partial charge in [-0.2, -0.15) is 0 Å². The third kappa shape index (κ3) is 3.55. The van der Waals surface area contributed by atoms with Gasteiger partial charge in [0.2, 0.25) is 0 Å². The minimum absolute atomic E-state index is 0.147. The van der Waals surface area contributed by atoms with Crippen molar-refractivity contribution in [1.29, 1.82) is 0 Å². The van der Waals surface area contributed by atoms with Gasteiger partial charge in [0.15, 0.2) is 0 Å². The standard InChI is InChI=1S/C43H34N2S/c1-25-14-17-29-34-23-33-32-20-19-30-31(18-15-26-16-21-38-41(39(26)30)44-42(46-38)27-10-6-4-7-11-27)40(32)43(2,3)35(33)24-37(34)45(36(29)22-25)28-12-8-5-9-13-28/h4-13,15-25,42,44H,14H2,1-3H3. The lowest BCUT2D eigenvalue weighted by Crippen LogP contribution is -2.31. The van der Waals surface area contributed by atoms with Crippen LogP contribution in [-0.2, 0) is 5.41 Å². The Hall–Kier alpha value is -4.73. The molecule has 1 aliphatic heterocycles. The molecular weight excluding hydrogens is 577 g/mol. The van der Waals surface area contributed by atoms with E-state index in [1.165, 1.54) is 87.1 Å². The van der Waals surface area contributed by atoms with Crippen molar-refractivity contribution >= 4 is 62.0 Å². The van der Waals surface area contributed by atoms with E-state index in [1.807, 2.05) is 11.8 Å². The molecule has 7 aromatic rings. The Kier molecular flexibility index (Phi) is 5.41. The van der Waals surface area contributed by atoms with Crippen LogP contribution < -0.4 is 15.9 Å². The molecule has 10 rings (SSSR count). The molecule has 1 aromatic heterocycles. The van der Waals surface area contributed by atoms with Gasteiger partial charge in [0, 0.05) is 32.0 Å². The molecule has 2 heterocycles. The smallest absolute Gasteiger partial charge is 0.103 e. The van der Waals surface area contributed by atoms with Crippen molar-refractivity contribution in [3.63, 3.8) is 0 Å². The molecule has 3 heteroatoms. The van der Waals surface area contributed by atoms with Crippen LogP contribution in [-0.4, -0.2) is 4.57 Å². The van der Waals surface area contributed by atoms with E-state index in [0.29, 0.717) is 5.92 Å². The topological polar surface area (TPSA) is 17.0 Å². The lowest BCUT2D eigenvalue weighted by Gasteiger charge is -2.24. The average Bonchev–Trinajstić information content (AvgIpc) is 3.72. The van der Waals surface area contributed by atoms with Crippen LogP contribution in [0.15, 0.2) is 114 Å². The monoisotopic (exact) mass is 610 g/mol. The van der Waals surface area contributed by atoms with E-state index < -0.39 is 0 Å². The number of thioether (sulfide) groups is 1. The summed E-state index contributed by atoms with van der Waals surface area (Å²) in [5.74, 6) is 0.529. The molecule has 6 aromatic carbocycles. The van der Waals surface area contributed by atoms with Crippen LogP contribution in [0.1, 0.15) is 49.3 Å². The van der Waals surface area contributed by atoms with Gasteiger partial charge in [-0.05, 0) is 86.6 Å². The molecule has 3 aliphatic rings. The average molecular weight is 611 g/mol. The minimum atomic E-state index is -0.147. The molecule has 0 saturated heterocycles. The van der Waals surface area contributed by atoms with E-state index in [2.05, 4.69) is 152 Å². The summed E-state index contributed by atoms with van der Waals surface area (Å²) in [7, 11) is 0. The second kappa shape index (κ2) is 9.40. The van der Waals surface area contributed by atoms with E-state index in [-0.39, 0.29) is 10.8 Å². The Labute approximate surface area is 273 Å². The van der Waals surface area contributed by atoms with Crippen LogP contribution in [0.4, 0.5) is 5.69 Å². The molecule has 0 radical (unpaired) electrons. The highest BCUT2D eigenvalue weighted by Gasteiger charge is 2.38. The quantitative estimate of drug-likeness (QED) is 0.196. The van der Waals surface area contributed by atoms with Crippen LogP contribution in [0, 0.1) is 5.92 Å². The third-order valence-electron chi connectivity index (χ3n) is 10.7. The van der Waals surface area contributed by atoms with Crippen LogP contribution in [0.3, 0.4) is 0 Å². The largest absolute Gasteiger partial charge is 0.368 e. The van der Waals surface area contributed by atoms with Gasteiger partial charge in [-0.25, -0.2) is 0 Å². The highest BCUT2D eigenvalue weighted by Crippen LogP contribution is 2.55. The first kappa shape index (κ1) is 26.5. The Morgan fingerprint density at radius 3 is 2.37 bits per heavy atom. The Morgan fingerprint density at radius 1 is 0.783 bits per heavy atom. The van der Waals surface area contributed by atoms with Crippen LogP contribution in [0.2, 0.25) is 0 Å². The molecule has 0 bridgehead atoms. The molecule has 2 atom stereocenters. The Morgan fingerprint density at radius 2 is 1.54 bits per heavy atom. The first-order valence-corrected chi connectivity index (χ1v) is 17.3. The number of nitrogens with one attached hydrogen (secondary N) is 1. The zero-order valence-electron chi connectivity index (χ0n) is 26.3. The summed E-state index contributed by atoms with van der Waals surface area (Å²) >= 11 is 1.92. The maximum Gasteiger partial charge on any atom is 0.103 e. The van der Waals surface area contributed by atoms with E-state index in [4.69, 9.17) is 0 Å². The number of rotatable bonds is 2. The van der Waals surface area contributed by atoms with Crippen molar-refractivity contribution in [2.24, 2.45) is 5.92 Å². The number of hydrogen-bond donors (Lipinski definition) is 1. The maximum atomic E-state index is 3.92. The van der Waals surface area contributed by atoms with Crippen LogP contribution in [0.5, 0.6) is 0 Å². The molecule has 0 amide bonds. The molecule has 0 fully saturated rings. The van der Waals surface area contributed by atoms with Gasteiger partial charge in [-0.1, -0.05) is 124 Å². The minimum Gasteiger partial charge on any atom is -0.368 e. The van der Waals surface area contributed by atoms with Crippen LogP contribution in [0.25, 0.3) is 61.4 Å². The fourth-order valence-electron chi connectivity index (χ4n) is 8.55. The summed E-state index contributed by atoms with van der Waals surface area (Å²) in [5, 5.41) is 13.5. The van der Waals surface area contributed by atoms with Gasteiger partial charge >= 0.3 is 0 Å². The van der Waals surface area contributed by atoms with Crippen molar-refractivity contribution in [2.75, 3.05) is 5.32 Å². The van der Waals surface area contributed by atoms with Crippen LogP contribution >= 0.6 is 11.8 Å². The van der Waals surface area contributed by atoms with Gasteiger partial charge < -0.3 is 9.88 Å². The highest BCUT2D eigenvalue weighted by atomic mass is 32.2.